The van der Waals surface area contributed by atoms with E-state index in [1.165, 1.54) is 0 Å². The quantitative estimate of drug-likeness (QED) is 0.504. The zero-order valence-electron chi connectivity index (χ0n) is 7.27. The molecule has 1 nitrogen and oxygen atoms in total. The second kappa shape index (κ2) is 2.08. The molecule has 0 unspecified atom stereocenters. The third kappa shape index (κ3) is 0.979. The first kappa shape index (κ1) is 7.77. The number of hydrogen-bond acceptors (Lipinski definition) is 1. The predicted molar refractivity (Wildman–Crippen MR) is 41.7 cm³/mol. The molecule has 0 amide bonds. The van der Waals surface area contributed by atoms with Crippen LogP contribution >= 0.6 is 0 Å². The van der Waals surface area contributed by atoms with Gasteiger partial charge in [0.1, 0.15) is 5.78 Å². The molecule has 1 heteroatoms. The van der Waals surface area contributed by atoms with Crippen LogP contribution in [-0.2, 0) is 4.79 Å². The maximum atomic E-state index is 11.2. The Labute approximate surface area is 62.8 Å². The van der Waals surface area contributed by atoms with Gasteiger partial charge in [-0.3, -0.25) is 4.79 Å². The lowest BCUT2D eigenvalue weighted by Crippen LogP contribution is -2.17. The van der Waals surface area contributed by atoms with Gasteiger partial charge in [-0.2, -0.15) is 0 Å². The number of ketones is 1. The van der Waals surface area contributed by atoms with Crippen LogP contribution in [0, 0.1) is 17.3 Å². The Morgan fingerprint density at radius 1 is 1.40 bits per heavy atom. The van der Waals surface area contributed by atoms with Crippen molar-refractivity contribution in [3.05, 3.63) is 0 Å². The van der Waals surface area contributed by atoms with E-state index in [4.69, 9.17) is 0 Å². The average molecular weight is 140 g/mol. The summed E-state index contributed by atoms with van der Waals surface area (Å²) in [5, 5.41) is 0. The van der Waals surface area contributed by atoms with Crippen LogP contribution in [0.15, 0.2) is 0 Å². The van der Waals surface area contributed by atoms with Crippen molar-refractivity contribution in [1.29, 1.82) is 0 Å². The summed E-state index contributed by atoms with van der Waals surface area (Å²) in [4.78, 5) is 11.2. The summed E-state index contributed by atoms with van der Waals surface area (Å²) in [5.41, 5.74) is 0.247. The highest BCUT2D eigenvalue weighted by molar-refractivity contribution is 5.84. The van der Waals surface area contributed by atoms with Gasteiger partial charge in [0.05, 0.1) is 0 Å². The Bertz CT molecular complexity index is 158. The lowest BCUT2D eigenvalue weighted by Gasteiger charge is -2.23. The second-order valence-corrected chi connectivity index (χ2v) is 4.21. The van der Waals surface area contributed by atoms with E-state index in [0.29, 0.717) is 11.7 Å². The zero-order valence-corrected chi connectivity index (χ0v) is 7.27. The fourth-order valence-corrected chi connectivity index (χ4v) is 1.73. The fourth-order valence-electron chi connectivity index (χ4n) is 1.73. The number of carbonyl (C=O) groups is 1. The maximum absolute atomic E-state index is 11.2. The summed E-state index contributed by atoms with van der Waals surface area (Å²) in [6, 6.07) is 0. The average Bonchev–Trinajstić information content (AvgIpc) is 1.95. The van der Waals surface area contributed by atoms with Crippen molar-refractivity contribution in [1.82, 2.24) is 0 Å². The van der Waals surface area contributed by atoms with Crippen LogP contribution in [0.25, 0.3) is 0 Å². The van der Waals surface area contributed by atoms with E-state index >= 15 is 0 Å². The van der Waals surface area contributed by atoms with Gasteiger partial charge in [0.25, 0.3) is 0 Å². The van der Waals surface area contributed by atoms with E-state index in [1.54, 1.807) is 0 Å². The lowest BCUT2D eigenvalue weighted by molar-refractivity contribution is -0.120. The SMILES string of the molecule is C[C@H]1C(=O)CC(C)(C)[C@H]1C. The Hall–Kier alpha value is -0.330. The largest absolute Gasteiger partial charge is 0.299 e. The number of Topliss-reactive ketones (excluding diaryl/α,β-unsaturated/α-hetero) is 1. The molecular weight excluding hydrogens is 124 g/mol. The molecule has 58 valence electrons. The summed E-state index contributed by atoms with van der Waals surface area (Å²) in [6.45, 7) is 8.58. The third-order valence-corrected chi connectivity index (χ3v) is 3.12. The molecule has 0 heterocycles. The molecule has 0 N–H and O–H groups in total. The first-order valence-corrected chi connectivity index (χ1v) is 3.98. The second-order valence-electron chi connectivity index (χ2n) is 4.21. The molecule has 2 atom stereocenters. The summed E-state index contributed by atoms with van der Waals surface area (Å²) >= 11 is 0. The van der Waals surface area contributed by atoms with Gasteiger partial charge in [0.2, 0.25) is 0 Å². The zero-order chi connectivity index (χ0) is 7.94. The van der Waals surface area contributed by atoms with Crippen LogP contribution in [0.3, 0.4) is 0 Å². The van der Waals surface area contributed by atoms with E-state index in [-0.39, 0.29) is 11.3 Å². The first-order chi connectivity index (χ1) is 4.45. The smallest absolute Gasteiger partial charge is 0.136 e. The Balaban J connectivity index is 2.81. The molecule has 0 bridgehead atoms. The molecule has 1 aliphatic rings. The molecule has 1 saturated carbocycles. The summed E-state index contributed by atoms with van der Waals surface area (Å²) < 4.78 is 0. The summed E-state index contributed by atoms with van der Waals surface area (Å²) in [5.74, 6) is 1.28. The number of carbonyl (C=O) groups excluding carboxylic acids is 1. The molecule has 0 radical (unpaired) electrons. The fraction of sp³-hybridized carbons (Fsp3) is 0.889. The van der Waals surface area contributed by atoms with Gasteiger partial charge in [-0.05, 0) is 11.3 Å². The lowest BCUT2D eigenvalue weighted by atomic mass is 9.81. The van der Waals surface area contributed by atoms with Crippen molar-refractivity contribution >= 4 is 5.78 Å². The van der Waals surface area contributed by atoms with Crippen molar-refractivity contribution < 1.29 is 4.79 Å². The van der Waals surface area contributed by atoms with Gasteiger partial charge in [-0.1, -0.05) is 27.7 Å². The van der Waals surface area contributed by atoms with Crippen LogP contribution in [0.1, 0.15) is 34.1 Å². The van der Waals surface area contributed by atoms with E-state index in [9.17, 15) is 4.79 Å². The topological polar surface area (TPSA) is 17.1 Å². The third-order valence-electron chi connectivity index (χ3n) is 3.12. The minimum Gasteiger partial charge on any atom is -0.299 e. The van der Waals surface area contributed by atoms with Gasteiger partial charge >= 0.3 is 0 Å². The first-order valence-electron chi connectivity index (χ1n) is 3.98. The summed E-state index contributed by atoms with van der Waals surface area (Å²) in [6.07, 6.45) is 0.773. The van der Waals surface area contributed by atoms with Crippen LogP contribution in [0.2, 0.25) is 0 Å². The highest BCUT2D eigenvalue weighted by Gasteiger charge is 2.41. The minimum atomic E-state index is 0.247. The standard InChI is InChI=1S/C9H16O/c1-6-7(2)9(3,4)5-8(6)10/h6-7H,5H2,1-4H3/t6-,7+/m1/s1. The van der Waals surface area contributed by atoms with Crippen molar-refractivity contribution in [3.8, 4) is 0 Å². The van der Waals surface area contributed by atoms with Crippen LogP contribution in [-0.4, -0.2) is 5.78 Å². The molecule has 0 spiro atoms. The van der Waals surface area contributed by atoms with Crippen LogP contribution in [0.5, 0.6) is 0 Å². The van der Waals surface area contributed by atoms with Crippen molar-refractivity contribution in [3.63, 3.8) is 0 Å². The van der Waals surface area contributed by atoms with Crippen molar-refractivity contribution in [2.75, 3.05) is 0 Å². The van der Waals surface area contributed by atoms with Gasteiger partial charge in [-0.15, -0.1) is 0 Å². The van der Waals surface area contributed by atoms with Crippen LogP contribution in [0.4, 0.5) is 0 Å². The predicted octanol–water partition coefficient (Wildman–Crippen LogP) is 2.26. The molecule has 1 fully saturated rings. The molecule has 0 saturated heterocycles. The Morgan fingerprint density at radius 3 is 2.00 bits per heavy atom. The molecule has 0 aromatic heterocycles. The van der Waals surface area contributed by atoms with E-state index < -0.39 is 0 Å². The molecule has 0 aromatic carbocycles. The van der Waals surface area contributed by atoms with E-state index in [1.807, 2.05) is 6.92 Å². The molecular formula is C9H16O. The van der Waals surface area contributed by atoms with Gasteiger partial charge < -0.3 is 0 Å². The number of rotatable bonds is 0. The Morgan fingerprint density at radius 2 is 1.90 bits per heavy atom. The van der Waals surface area contributed by atoms with Gasteiger partial charge in [0.15, 0.2) is 0 Å². The van der Waals surface area contributed by atoms with E-state index in [0.717, 1.165) is 6.42 Å². The Kier molecular flexibility index (Phi) is 1.61. The highest BCUT2D eigenvalue weighted by Crippen LogP contribution is 2.43. The molecule has 1 aliphatic carbocycles. The van der Waals surface area contributed by atoms with Gasteiger partial charge in [-0.25, -0.2) is 0 Å². The van der Waals surface area contributed by atoms with Crippen molar-refractivity contribution in [2.45, 2.75) is 34.1 Å². The molecule has 1 rings (SSSR count). The monoisotopic (exact) mass is 140 g/mol. The number of hydrogen-bond donors (Lipinski definition) is 0. The molecule has 0 aliphatic heterocycles. The summed E-state index contributed by atoms with van der Waals surface area (Å²) in [7, 11) is 0. The normalized spacial score (nSPS) is 38.6. The van der Waals surface area contributed by atoms with Gasteiger partial charge in [0, 0.05) is 12.3 Å². The molecule has 10 heavy (non-hydrogen) atoms. The van der Waals surface area contributed by atoms with Crippen molar-refractivity contribution in [2.24, 2.45) is 17.3 Å². The maximum Gasteiger partial charge on any atom is 0.136 e. The highest BCUT2D eigenvalue weighted by atomic mass is 16.1. The minimum absolute atomic E-state index is 0.247. The van der Waals surface area contributed by atoms with E-state index in [2.05, 4.69) is 20.8 Å². The van der Waals surface area contributed by atoms with Crippen LogP contribution < -0.4 is 0 Å². The molecule has 0 aromatic rings.